The molecular weight excluding hydrogens is 274 g/mol. The number of carbonyl (C=O) groups excluding carboxylic acids is 1. The number of rotatable bonds is 5. The summed E-state index contributed by atoms with van der Waals surface area (Å²) in [5, 5.41) is 2.81. The molecule has 0 atom stereocenters. The number of aryl methyl sites for hydroxylation is 1. The van der Waals surface area contributed by atoms with Gasteiger partial charge in [0.2, 0.25) is 0 Å². The summed E-state index contributed by atoms with van der Waals surface area (Å²) in [4.78, 5) is 14.9. The molecule has 0 saturated heterocycles. The van der Waals surface area contributed by atoms with Crippen LogP contribution in [0.1, 0.15) is 28.6 Å². The second kappa shape index (κ2) is 6.28. The Morgan fingerprint density at radius 2 is 2.27 bits per heavy atom. The van der Waals surface area contributed by atoms with Crippen LogP contribution in [0.2, 0.25) is 0 Å². The Labute approximate surface area is 103 Å². The third kappa shape index (κ3) is 3.31. The van der Waals surface area contributed by atoms with Gasteiger partial charge in [-0.3, -0.25) is 4.79 Å². The van der Waals surface area contributed by atoms with Gasteiger partial charge in [-0.05, 0) is 30.4 Å². The van der Waals surface area contributed by atoms with E-state index in [2.05, 4.69) is 22.9 Å². The van der Waals surface area contributed by atoms with Gasteiger partial charge in [0, 0.05) is 18.4 Å². The monoisotopic (exact) mass is 289 g/mol. The van der Waals surface area contributed by atoms with Gasteiger partial charge in [-0.2, -0.15) is 0 Å². The number of halogens is 1. The van der Waals surface area contributed by atoms with Gasteiger partial charge in [-0.25, -0.2) is 0 Å². The Kier molecular flexibility index (Phi) is 5.32. The molecule has 0 fully saturated rings. The lowest BCUT2D eigenvalue weighted by Crippen LogP contribution is -2.33. The van der Waals surface area contributed by atoms with Crippen LogP contribution >= 0.6 is 27.3 Å². The fourth-order valence-electron chi connectivity index (χ4n) is 1.42. The lowest BCUT2D eigenvalue weighted by molar-refractivity contribution is 0.0770. The highest BCUT2D eigenvalue weighted by Crippen LogP contribution is 2.18. The van der Waals surface area contributed by atoms with Gasteiger partial charge < -0.3 is 4.90 Å². The predicted molar refractivity (Wildman–Crippen MR) is 69.0 cm³/mol. The maximum absolute atomic E-state index is 12.1. The van der Waals surface area contributed by atoms with Gasteiger partial charge in [0.25, 0.3) is 5.91 Å². The van der Waals surface area contributed by atoms with Crippen molar-refractivity contribution in [2.24, 2.45) is 0 Å². The average molecular weight is 290 g/mol. The van der Waals surface area contributed by atoms with Gasteiger partial charge in [-0.15, -0.1) is 11.3 Å². The molecule has 0 aromatic carbocycles. The summed E-state index contributed by atoms with van der Waals surface area (Å²) < 4.78 is 0. The molecule has 0 unspecified atom stereocenters. The van der Waals surface area contributed by atoms with Crippen molar-refractivity contribution in [3.8, 4) is 0 Å². The summed E-state index contributed by atoms with van der Waals surface area (Å²) in [5.74, 6) is 0.170. The number of thiophene rings is 1. The maximum Gasteiger partial charge on any atom is 0.264 e. The Hall–Kier alpha value is -0.350. The zero-order chi connectivity index (χ0) is 11.3. The van der Waals surface area contributed by atoms with Gasteiger partial charge in [0.15, 0.2) is 0 Å². The number of hydrogen-bond acceptors (Lipinski definition) is 2. The molecular formula is C11H16BrNOS. The van der Waals surface area contributed by atoms with Crippen molar-refractivity contribution < 1.29 is 4.79 Å². The normalized spacial score (nSPS) is 10.3. The largest absolute Gasteiger partial charge is 0.337 e. The van der Waals surface area contributed by atoms with Crippen LogP contribution in [0.4, 0.5) is 0 Å². The first kappa shape index (κ1) is 12.7. The molecule has 0 saturated carbocycles. The molecule has 0 bridgehead atoms. The Morgan fingerprint density at radius 3 is 2.73 bits per heavy atom. The van der Waals surface area contributed by atoms with Gasteiger partial charge in [0.1, 0.15) is 0 Å². The van der Waals surface area contributed by atoms with Gasteiger partial charge in [-0.1, -0.05) is 22.9 Å². The minimum absolute atomic E-state index is 0.170. The molecule has 1 rings (SSSR count). The van der Waals surface area contributed by atoms with Crippen LogP contribution in [0, 0.1) is 6.92 Å². The van der Waals surface area contributed by atoms with E-state index in [0.717, 1.165) is 35.3 Å². The number of hydrogen-bond donors (Lipinski definition) is 0. The summed E-state index contributed by atoms with van der Waals surface area (Å²) >= 11 is 4.91. The smallest absolute Gasteiger partial charge is 0.264 e. The van der Waals surface area contributed by atoms with E-state index in [4.69, 9.17) is 0 Å². The molecule has 0 aliphatic carbocycles. The van der Waals surface area contributed by atoms with E-state index in [0.29, 0.717) is 0 Å². The highest BCUT2D eigenvalue weighted by Gasteiger charge is 2.17. The van der Waals surface area contributed by atoms with Crippen molar-refractivity contribution >= 4 is 33.2 Å². The summed E-state index contributed by atoms with van der Waals surface area (Å²) in [6.07, 6.45) is 1.00. The molecule has 0 N–H and O–H groups in total. The van der Waals surface area contributed by atoms with E-state index < -0.39 is 0 Å². The van der Waals surface area contributed by atoms with E-state index >= 15 is 0 Å². The molecule has 2 nitrogen and oxygen atoms in total. The fraction of sp³-hybridized carbons (Fsp3) is 0.545. The first-order valence-corrected chi connectivity index (χ1v) is 7.10. The quantitative estimate of drug-likeness (QED) is 0.762. The van der Waals surface area contributed by atoms with Crippen molar-refractivity contribution in [3.63, 3.8) is 0 Å². The maximum atomic E-state index is 12.1. The van der Waals surface area contributed by atoms with Gasteiger partial charge >= 0.3 is 0 Å². The molecule has 0 radical (unpaired) electrons. The highest BCUT2D eigenvalue weighted by molar-refractivity contribution is 9.09. The van der Waals surface area contributed by atoms with Crippen molar-refractivity contribution in [2.75, 3.05) is 18.4 Å². The highest BCUT2D eigenvalue weighted by atomic mass is 79.9. The second-order valence-electron chi connectivity index (χ2n) is 3.41. The van der Waals surface area contributed by atoms with Crippen LogP contribution in [0.5, 0.6) is 0 Å². The summed E-state index contributed by atoms with van der Waals surface area (Å²) in [6.45, 7) is 5.70. The molecule has 15 heavy (non-hydrogen) atoms. The number of carbonyl (C=O) groups is 1. The molecule has 0 aliphatic heterocycles. The first-order valence-electron chi connectivity index (χ1n) is 5.10. The molecule has 1 aromatic heterocycles. The van der Waals surface area contributed by atoms with Crippen LogP contribution in [0.3, 0.4) is 0 Å². The van der Waals surface area contributed by atoms with Crippen LogP contribution in [-0.2, 0) is 0 Å². The average Bonchev–Trinajstić information content (AvgIpc) is 2.63. The Balaban J connectivity index is 2.76. The minimum atomic E-state index is 0.170. The molecule has 1 amide bonds. The third-order valence-corrected chi connectivity index (χ3v) is 3.55. The van der Waals surface area contributed by atoms with E-state index in [1.54, 1.807) is 0 Å². The van der Waals surface area contributed by atoms with Crippen LogP contribution in [0.25, 0.3) is 0 Å². The molecule has 1 heterocycles. The van der Waals surface area contributed by atoms with Crippen LogP contribution in [-0.4, -0.2) is 29.2 Å². The van der Waals surface area contributed by atoms with Crippen molar-refractivity contribution in [1.82, 2.24) is 4.90 Å². The molecule has 4 heteroatoms. The molecule has 84 valence electrons. The van der Waals surface area contributed by atoms with Crippen LogP contribution < -0.4 is 0 Å². The zero-order valence-electron chi connectivity index (χ0n) is 9.12. The van der Waals surface area contributed by atoms with Crippen molar-refractivity contribution in [2.45, 2.75) is 20.3 Å². The Bertz CT molecular complexity index is 318. The summed E-state index contributed by atoms with van der Waals surface area (Å²) in [5.41, 5.74) is 1.08. The second-order valence-corrected chi connectivity index (χ2v) is 5.12. The van der Waals surface area contributed by atoms with E-state index in [1.807, 2.05) is 23.3 Å². The summed E-state index contributed by atoms with van der Waals surface area (Å²) in [7, 11) is 0. The van der Waals surface area contributed by atoms with Crippen molar-refractivity contribution in [1.29, 1.82) is 0 Å². The molecule has 0 aliphatic rings. The zero-order valence-corrected chi connectivity index (χ0v) is 11.5. The summed E-state index contributed by atoms with van der Waals surface area (Å²) in [6, 6.07) is 2.00. The minimum Gasteiger partial charge on any atom is -0.337 e. The lowest BCUT2D eigenvalue weighted by Gasteiger charge is -2.20. The van der Waals surface area contributed by atoms with Crippen molar-refractivity contribution in [3.05, 3.63) is 21.9 Å². The number of amides is 1. The lowest BCUT2D eigenvalue weighted by atomic mass is 10.2. The van der Waals surface area contributed by atoms with E-state index in [1.165, 1.54) is 11.3 Å². The van der Waals surface area contributed by atoms with Crippen LogP contribution in [0.15, 0.2) is 11.4 Å². The topological polar surface area (TPSA) is 20.3 Å². The first-order chi connectivity index (χ1) is 7.20. The van der Waals surface area contributed by atoms with E-state index in [-0.39, 0.29) is 5.91 Å². The Morgan fingerprint density at radius 1 is 1.53 bits per heavy atom. The van der Waals surface area contributed by atoms with Gasteiger partial charge in [0.05, 0.1) is 4.88 Å². The fourth-order valence-corrected chi connectivity index (χ4v) is 2.74. The van der Waals surface area contributed by atoms with E-state index in [9.17, 15) is 4.79 Å². The molecule has 0 spiro atoms. The number of alkyl halides is 1. The molecule has 1 aromatic rings. The number of nitrogens with zero attached hydrogens (tertiary/aromatic N) is 1. The standard InChI is InChI=1S/C11H16BrNOS/c1-3-6-13(7-5-12)11(14)10-9(2)4-8-15-10/h4,8H,3,5-7H2,1-2H3. The predicted octanol–water partition coefficient (Wildman–Crippen LogP) is 3.30. The third-order valence-electron chi connectivity index (χ3n) is 2.19. The SMILES string of the molecule is CCCN(CCBr)C(=O)c1sccc1C.